The number of fused-ring (bicyclic) bond motifs is 3. The summed E-state index contributed by atoms with van der Waals surface area (Å²) in [6, 6.07) is 2.75. The number of carbonyl (C=O) groups excluding carboxylic acids is 5. The third-order valence-electron chi connectivity index (χ3n) is 7.11. The largest absolute Gasteiger partial charge is 0.505 e. The molecule has 8 nitrogen and oxygen atoms in total. The topological polar surface area (TPSA) is 135 Å². The van der Waals surface area contributed by atoms with Gasteiger partial charge in [-0.25, -0.2) is 9.18 Å². The van der Waals surface area contributed by atoms with Crippen LogP contribution in [0.3, 0.4) is 0 Å². The van der Waals surface area contributed by atoms with Crippen molar-refractivity contribution < 1.29 is 33.5 Å². The standard InChI is InChI=1S/C24H19FN2O6/c1-9-7-16(28)14-8-13-10(5-6-12-18(13)23(32)27(22(12)31)24(26)33)17(19(14)20(9)29)11-3-2-4-15(25)21(11)30/h2-5,7,12-13,17-18,30H,6,8H2,1H3,(H2,26,33). The average molecular weight is 450 g/mol. The zero-order chi connectivity index (χ0) is 23.8. The number of hydrogen-bond acceptors (Lipinski definition) is 6. The molecule has 1 fully saturated rings. The van der Waals surface area contributed by atoms with Crippen LogP contribution in [-0.2, 0) is 19.2 Å². The lowest BCUT2D eigenvalue weighted by Crippen LogP contribution is -2.42. The van der Waals surface area contributed by atoms with Gasteiger partial charge in [0.15, 0.2) is 23.1 Å². The Morgan fingerprint density at radius 3 is 2.58 bits per heavy atom. The molecule has 168 valence electrons. The molecule has 0 spiro atoms. The molecule has 9 heteroatoms. The number of likely N-dealkylation sites (tertiary alicyclic amines) is 1. The van der Waals surface area contributed by atoms with Crippen LogP contribution in [0.15, 0.2) is 52.6 Å². The van der Waals surface area contributed by atoms with E-state index in [-0.39, 0.29) is 35.1 Å². The number of Topliss-reactive ketones (excluding diaryl/α,β-unsaturated/α-hetero) is 1. The minimum Gasteiger partial charge on any atom is -0.505 e. The van der Waals surface area contributed by atoms with Crippen LogP contribution < -0.4 is 5.73 Å². The smallest absolute Gasteiger partial charge is 0.328 e. The first-order valence-corrected chi connectivity index (χ1v) is 10.5. The quantitative estimate of drug-likeness (QED) is 0.382. The maximum absolute atomic E-state index is 14.3. The number of nitrogens with two attached hydrogens (primary N) is 1. The summed E-state index contributed by atoms with van der Waals surface area (Å²) in [5, 5.41) is 10.5. The number of allylic oxidation sites excluding steroid dienone is 6. The van der Waals surface area contributed by atoms with Crippen LogP contribution in [0.5, 0.6) is 5.75 Å². The Morgan fingerprint density at radius 2 is 1.88 bits per heavy atom. The van der Waals surface area contributed by atoms with Gasteiger partial charge >= 0.3 is 6.03 Å². The van der Waals surface area contributed by atoms with E-state index >= 15 is 0 Å². The molecule has 1 aliphatic heterocycles. The summed E-state index contributed by atoms with van der Waals surface area (Å²) < 4.78 is 14.3. The molecular formula is C24H19FN2O6. The van der Waals surface area contributed by atoms with Gasteiger partial charge in [-0.05, 0) is 37.8 Å². The Hall–Kier alpha value is -3.88. The second kappa shape index (κ2) is 7.06. The Morgan fingerprint density at radius 1 is 1.15 bits per heavy atom. The van der Waals surface area contributed by atoms with Gasteiger partial charge in [-0.15, -0.1) is 0 Å². The normalized spacial score (nSPS) is 28.8. The van der Waals surface area contributed by atoms with Crippen LogP contribution in [0, 0.1) is 23.6 Å². The Balaban J connectivity index is 1.73. The van der Waals surface area contributed by atoms with E-state index in [1.807, 2.05) is 0 Å². The van der Waals surface area contributed by atoms with Crippen LogP contribution in [0.1, 0.15) is 31.2 Å². The summed E-state index contributed by atoms with van der Waals surface area (Å²) in [5.41, 5.74) is 6.42. The molecule has 5 rings (SSSR count). The number of phenols is 1. The van der Waals surface area contributed by atoms with E-state index in [0.29, 0.717) is 10.5 Å². The van der Waals surface area contributed by atoms with Crippen LogP contribution in [0.25, 0.3) is 0 Å². The number of carbonyl (C=O) groups is 5. The molecule has 4 unspecified atom stereocenters. The fraction of sp³-hybridized carbons (Fsp3) is 0.292. The number of halogens is 1. The first-order chi connectivity index (χ1) is 15.6. The van der Waals surface area contributed by atoms with Gasteiger partial charge in [-0.2, -0.15) is 4.90 Å². The molecule has 3 N–H and O–H groups in total. The van der Waals surface area contributed by atoms with Gasteiger partial charge in [-0.1, -0.05) is 23.8 Å². The number of amides is 4. The van der Waals surface area contributed by atoms with Crippen molar-refractivity contribution in [3.63, 3.8) is 0 Å². The monoisotopic (exact) mass is 450 g/mol. The highest BCUT2D eigenvalue weighted by molar-refractivity contribution is 6.24. The van der Waals surface area contributed by atoms with Crippen LogP contribution in [-0.4, -0.2) is 39.4 Å². The lowest BCUT2D eigenvalue weighted by atomic mass is 9.59. The van der Waals surface area contributed by atoms with Crippen molar-refractivity contribution >= 4 is 29.4 Å². The molecule has 0 aromatic heterocycles. The van der Waals surface area contributed by atoms with E-state index in [9.17, 15) is 33.5 Å². The number of primary amides is 1. The molecular weight excluding hydrogens is 431 g/mol. The molecule has 0 bridgehead atoms. The molecule has 1 saturated heterocycles. The summed E-state index contributed by atoms with van der Waals surface area (Å²) in [4.78, 5) is 64.0. The van der Waals surface area contributed by atoms with Crippen LogP contribution >= 0.6 is 0 Å². The average Bonchev–Trinajstić information content (AvgIpc) is 3.03. The number of imide groups is 3. The SMILES string of the molecule is CC1=CC(=O)C2=C(C1=O)C(c1cccc(F)c1O)C1=CCC3C(=O)N(C(N)=O)C(=O)C3C1C2. The molecule has 1 aromatic carbocycles. The van der Waals surface area contributed by atoms with Gasteiger partial charge in [0.25, 0.3) is 0 Å². The number of urea groups is 1. The van der Waals surface area contributed by atoms with Gasteiger partial charge in [0, 0.05) is 28.2 Å². The summed E-state index contributed by atoms with van der Waals surface area (Å²) in [7, 11) is 0. The zero-order valence-corrected chi connectivity index (χ0v) is 17.5. The summed E-state index contributed by atoms with van der Waals surface area (Å²) in [6.07, 6.45) is 3.04. The number of hydrogen-bond donors (Lipinski definition) is 2. The van der Waals surface area contributed by atoms with Crippen molar-refractivity contribution in [2.24, 2.45) is 23.5 Å². The lowest BCUT2D eigenvalue weighted by molar-refractivity contribution is -0.136. The van der Waals surface area contributed by atoms with Gasteiger partial charge in [0.05, 0.1) is 11.8 Å². The van der Waals surface area contributed by atoms with Crippen LogP contribution in [0.2, 0.25) is 0 Å². The number of rotatable bonds is 1. The van der Waals surface area contributed by atoms with Gasteiger partial charge in [0.2, 0.25) is 11.8 Å². The fourth-order valence-electron chi connectivity index (χ4n) is 5.70. The summed E-state index contributed by atoms with van der Waals surface area (Å²) in [6.45, 7) is 1.51. The molecule has 3 aliphatic carbocycles. The first kappa shape index (κ1) is 21.0. The number of nitrogens with zero attached hydrogens (tertiary/aromatic N) is 1. The van der Waals surface area contributed by atoms with E-state index < -0.39 is 64.7 Å². The Labute approximate surface area is 187 Å². The lowest BCUT2D eigenvalue weighted by Gasteiger charge is -2.42. The van der Waals surface area contributed by atoms with Crippen LogP contribution in [0.4, 0.5) is 9.18 Å². The molecule has 1 aromatic rings. The number of ketones is 2. The summed E-state index contributed by atoms with van der Waals surface area (Å²) in [5.74, 6) is -7.24. The predicted molar refractivity (Wildman–Crippen MR) is 111 cm³/mol. The highest BCUT2D eigenvalue weighted by Crippen LogP contribution is 2.56. The molecule has 4 amide bonds. The molecule has 33 heavy (non-hydrogen) atoms. The maximum Gasteiger partial charge on any atom is 0.328 e. The second-order valence-corrected chi connectivity index (χ2v) is 8.76. The second-order valence-electron chi connectivity index (χ2n) is 8.76. The van der Waals surface area contributed by atoms with E-state index in [2.05, 4.69) is 0 Å². The molecule has 0 radical (unpaired) electrons. The highest BCUT2D eigenvalue weighted by Gasteiger charge is 2.57. The van der Waals surface area contributed by atoms with E-state index in [1.54, 1.807) is 6.08 Å². The fourth-order valence-corrected chi connectivity index (χ4v) is 5.70. The van der Waals surface area contributed by atoms with Crippen molar-refractivity contribution in [1.29, 1.82) is 0 Å². The van der Waals surface area contributed by atoms with Gasteiger partial charge in [-0.3, -0.25) is 19.2 Å². The summed E-state index contributed by atoms with van der Waals surface area (Å²) >= 11 is 0. The maximum atomic E-state index is 14.3. The van der Waals surface area contributed by atoms with E-state index in [0.717, 1.165) is 6.07 Å². The highest BCUT2D eigenvalue weighted by atomic mass is 19.1. The number of benzene rings is 1. The first-order valence-electron chi connectivity index (χ1n) is 10.5. The van der Waals surface area contributed by atoms with Crippen molar-refractivity contribution in [2.75, 3.05) is 0 Å². The number of aromatic hydroxyl groups is 1. The van der Waals surface area contributed by atoms with E-state index in [1.165, 1.54) is 25.1 Å². The van der Waals surface area contributed by atoms with Gasteiger partial charge in [0.1, 0.15) is 0 Å². The molecule has 4 atom stereocenters. The zero-order valence-electron chi connectivity index (χ0n) is 17.5. The third kappa shape index (κ3) is 2.78. The molecule has 4 aliphatic rings. The van der Waals surface area contributed by atoms with Crippen molar-refractivity contribution in [3.8, 4) is 5.75 Å². The minimum atomic E-state index is -1.17. The molecule has 1 heterocycles. The number of para-hydroxylation sites is 1. The van der Waals surface area contributed by atoms with Crippen molar-refractivity contribution in [1.82, 2.24) is 4.90 Å². The van der Waals surface area contributed by atoms with Gasteiger partial charge < -0.3 is 10.8 Å². The van der Waals surface area contributed by atoms with E-state index in [4.69, 9.17) is 5.73 Å². The number of phenolic OH excluding ortho intramolecular Hbond substituents is 1. The van der Waals surface area contributed by atoms with Crippen molar-refractivity contribution in [3.05, 3.63) is 64.0 Å². The third-order valence-corrected chi connectivity index (χ3v) is 7.11. The Kier molecular flexibility index (Phi) is 4.49. The minimum absolute atomic E-state index is 0.00882. The Bertz CT molecular complexity index is 1290. The predicted octanol–water partition coefficient (Wildman–Crippen LogP) is 2.04. The molecule has 0 saturated carbocycles. The van der Waals surface area contributed by atoms with Crippen molar-refractivity contribution in [2.45, 2.75) is 25.7 Å².